The number of benzene rings is 1. The maximum Gasteiger partial charge on any atom is 0.266 e. The molecule has 2 heterocycles. The van der Waals surface area contributed by atoms with Crippen molar-refractivity contribution in [2.45, 2.75) is 6.92 Å². The number of rotatable bonds is 2. The van der Waals surface area contributed by atoms with Gasteiger partial charge in [-0.05, 0) is 31.2 Å². The Labute approximate surface area is 104 Å². The van der Waals surface area contributed by atoms with Crippen LogP contribution in [0.2, 0.25) is 0 Å². The predicted octanol–water partition coefficient (Wildman–Crippen LogP) is 3.11. The first-order valence-electron chi connectivity index (χ1n) is 5.65. The standard InChI is InChI=1S/C14H11N3O/c1-10-5-7-11(8-6-10)13-16-17-14(18-13)12-4-2-3-9-15-12/h2-9H,1H3. The molecule has 0 amide bonds. The Hall–Kier alpha value is -2.49. The highest BCUT2D eigenvalue weighted by atomic mass is 16.4. The molecule has 0 atom stereocenters. The first kappa shape index (κ1) is 10.7. The summed E-state index contributed by atoms with van der Waals surface area (Å²) in [6.07, 6.45) is 1.70. The van der Waals surface area contributed by atoms with Crippen molar-refractivity contribution in [3.05, 3.63) is 54.2 Å². The van der Waals surface area contributed by atoms with E-state index in [0.717, 1.165) is 5.56 Å². The fraction of sp³-hybridized carbons (Fsp3) is 0.0714. The van der Waals surface area contributed by atoms with E-state index in [9.17, 15) is 0 Å². The van der Waals surface area contributed by atoms with Gasteiger partial charge in [-0.15, -0.1) is 10.2 Å². The largest absolute Gasteiger partial charge is 0.415 e. The van der Waals surface area contributed by atoms with E-state index in [2.05, 4.69) is 15.2 Å². The van der Waals surface area contributed by atoms with Crippen LogP contribution in [0.4, 0.5) is 0 Å². The lowest BCUT2D eigenvalue weighted by Gasteiger charge is -1.95. The number of hydrogen-bond donors (Lipinski definition) is 0. The van der Waals surface area contributed by atoms with Crippen LogP contribution in [0, 0.1) is 6.92 Å². The lowest BCUT2D eigenvalue weighted by Crippen LogP contribution is -1.80. The van der Waals surface area contributed by atoms with Gasteiger partial charge >= 0.3 is 0 Å². The molecular formula is C14H11N3O. The SMILES string of the molecule is Cc1ccc(-c2nnc(-c3ccccn3)o2)cc1. The Morgan fingerprint density at radius 3 is 2.39 bits per heavy atom. The van der Waals surface area contributed by atoms with E-state index in [0.29, 0.717) is 17.5 Å². The molecule has 0 unspecified atom stereocenters. The van der Waals surface area contributed by atoms with Crippen LogP contribution in [-0.2, 0) is 0 Å². The maximum absolute atomic E-state index is 5.61. The van der Waals surface area contributed by atoms with Crippen molar-refractivity contribution in [2.24, 2.45) is 0 Å². The van der Waals surface area contributed by atoms with Crippen molar-refractivity contribution in [2.75, 3.05) is 0 Å². The minimum Gasteiger partial charge on any atom is -0.415 e. The van der Waals surface area contributed by atoms with Crippen molar-refractivity contribution >= 4 is 0 Å². The van der Waals surface area contributed by atoms with Gasteiger partial charge in [0.2, 0.25) is 5.89 Å². The van der Waals surface area contributed by atoms with E-state index in [1.165, 1.54) is 5.56 Å². The molecule has 3 aromatic rings. The molecule has 0 N–H and O–H groups in total. The minimum absolute atomic E-state index is 0.436. The maximum atomic E-state index is 5.61. The number of nitrogens with zero attached hydrogens (tertiary/aromatic N) is 3. The van der Waals surface area contributed by atoms with Crippen LogP contribution in [0.5, 0.6) is 0 Å². The van der Waals surface area contributed by atoms with Gasteiger partial charge in [0, 0.05) is 11.8 Å². The van der Waals surface area contributed by atoms with Gasteiger partial charge in [0.25, 0.3) is 5.89 Å². The van der Waals surface area contributed by atoms with Crippen LogP contribution in [-0.4, -0.2) is 15.2 Å². The van der Waals surface area contributed by atoms with Gasteiger partial charge in [0.05, 0.1) is 0 Å². The summed E-state index contributed by atoms with van der Waals surface area (Å²) in [5.41, 5.74) is 2.79. The topological polar surface area (TPSA) is 51.8 Å². The molecule has 3 rings (SSSR count). The second kappa shape index (κ2) is 4.41. The molecule has 0 radical (unpaired) electrons. The lowest BCUT2D eigenvalue weighted by molar-refractivity contribution is 0.582. The summed E-state index contributed by atoms with van der Waals surface area (Å²) < 4.78 is 5.61. The molecular weight excluding hydrogens is 226 g/mol. The Balaban J connectivity index is 1.97. The molecule has 0 fully saturated rings. The molecule has 0 saturated heterocycles. The average Bonchev–Trinajstić information content (AvgIpc) is 2.90. The van der Waals surface area contributed by atoms with Crippen LogP contribution in [0.1, 0.15) is 5.56 Å². The van der Waals surface area contributed by atoms with E-state index >= 15 is 0 Å². The Morgan fingerprint density at radius 1 is 0.889 bits per heavy atom. The average molecular weight is 237 g/mol. The fourth-order valence-corrected chi connectivity index (χ4v) is 1.63. The first-order valence-corrected chi connectivity index (χ1v) is 5.65. The Kier molecular flexibility index (Phi) is 2.61. The summed E-state index contributed by atoms with van der Waals surface area (Å²) in [5.74, 6) is 0.946. The molecule has 0 aliphatic heterocycles. The van der Waals surface area contributed by atoms with Crippen LogP contribution < -0.4 is 0 Å². The summed E-state index contributed by atoms with van der Waals surface area (Å²) in [6, 6.07) is 13.5. The molecule has 1 aromatic carbocycles. The third-order valence-electron chi connectivity index (χ3n) is 2.61. The van der Waals surface area contributed by atoms with Crippen LogP contribution in [0.3, 0.4) is 0 Å². The van der Waals surface area contributed by atoms with Crippen LogP contribution >= 0.6 is 0 Å². The van der Waals surface area contributed by atoms with Gasteiger partial charge in [-0.3, -0.25) is 4.98 Å². The molecule has 4 nitrogen and oxygen atoms in total. The van der Waals surface area contributed by atoms with E-state index < -0.39 is 0 Å². The molecule has 0 aliphatic carbocycles. The minimum atomic E-state index is 0.436. The van der Waals surface area contributed by atoms with Gasteiger partial charge in [-0.1, -0.05) is 23.8 Å². The van der Waals surface area contributed by atoms with Gasteiger partial charge in [-0.2, -0.15) is 0 Å². The highest BCUT2D eigenvalue weighted by molar-refractivity contribution is 5.55. The van der Waals surface area contributed by atoms with E-state index in [4.69, 9.17) is 4.42 Å². The molecule has 4 heteroatoms. The summed E-state index contributed by atoms with van der Waals surface area (Å²) in [6.45, 7) is 2.04. The monoisotopic (exact) mass is 237 g/mol. The molecule has 0 aliphatic rings. The summed E-state index contributed by atoms with van der Waals surface area (Å²) in [5, 5.41) is 8.04. The zero-order valence-electron chi connectivity index (χ0n) is 9.87. The Morgan fingerprint density at radius 2 is 1.67 bits per heavy atom. The summed E-state index contributed by atoms with van der Waals surface area (Å²) in [4.78, 5) is 4.17. The van der Waals surface area contributed by atoms with Crippen molar-refractivity contribution in [1.29, 1.82) is 0 Å². The molecule has 18 heavy (non-hydrogen) atoms. The second-order valence-electron chi connectivity index (χ2n) is 3.99. The third kappa shape index (κ3) is 2.00. The van der Waals surface area contributed by atoms with Gasteiger partial charge < -0.3 is 4.42 Å². The molecule has 0 bridgehead atoms. The predicted molar refractivity (Wildman–Crippen MR) is 67.7 cm³/mol. The number of aryl methyl sites for hydroxylation is 1. The molecule has 88 valence electrons. The second-order valence-corrected chi connectivity index (χ2v) is 3.99. The summed E-state index contributed by atoms with van der Waals surface area (Å²) in [7, 11) is 0. The van der Waals surface area contributed by atoms with Crippen molar-refractivity contribution < 1.29 is 4.42 Å². The lowest BCUT2D eigenvalue weighted by atomic mass is 10.1. The van der Waals surface area contributed by atoms with Crippen LogP contribution in [0.15, 0.2) is 53.1 Å². The highest BCUT2D eigenvalue weighted by Gasteiger charge is 2.10. The number of pyridine rings is 1. The van der Waals surface area contributed by atoms with E-state index in [1.54, 1.807) is 6.20 Å². The van der Waals surface area contributed by atoms with Crippen molar-refractivity contribution in [1.82, 2.24) is 15.2 Å². The highest BCUT2D eigenvalue weighted by Crippen LogP contribution is 2.22. The molecule has 0 spiro atoms. The number of hydrogen-bond acceptors (Lipinski definition) is 4. The fourth-order valence-electron chi connectivity index (χ4n) is 1.63. The normalized spacial score (nSPS) is 10.5. The summed E-state index contributed by atoms with van der Waals surface area (Å²) >= 11 is 0. The van der Waals surface area contributed by atoms with Gasteiger partial charge in [-0.25, -0.2) is 0 Å². The van der Waals surface area contributed by atoms with E-state index in [-0.39, 0.29) is 0 Å². The number of aromatic nitrogens is 3. The van der Waals surface area contributed by atoms with Crippen molar-refractivity contribution in [3.8, 4) is 23.0 Å². The zero-order chi connectivity index (χ0) is 12.4. The zero-order valence-corrected chi connectivity index (χ0v) is 9.87. The Bertz CT molecular complexity index is 644. The first-order chi connectivity index (χ1) is 8.83. The molecule has 2 aromatic heterocycles. The quantitative estimate of drug-likeness (QED) is 0.687. The van der Waals surface area contributed by atoms with Gasteiger partial charge in [0.1, 0.15) is 5.69 Å². The van der Waals surface area contributed by atoms with E-state index in [1.807, 2.05) is 49.4 Å². The third-order valence-corrected chi connectivity index (χ3v) is 2.61. The van der Waals surface area contributed by atoms with Crippen molar-refractivity contribution in [3.63, 3.8) is 0 Å². The van der Waals surface area contributed by atoms with Gasteiger partial charge in [0.15, 0.2) is 0 Å². The smallest absolute Gasteiger partial charge is 0.266 e. The van der Waals surface area contributed by atoms with Crippen LogP contribution in [0.25, 0.3) is 23.0 Å². The molecule has 0 saturated carbocycles.